The lowest BCUT2D eigenvalue weighted by Crippen LogP contribution is -2.52. The summed E-state index contributed by atoms with van der Waals surface area (Å²) in [6, 6.07) is 0. The molecule has 4 nitrogen and oxygen atoms in total. The molecular formula is C20H28O4. The fourth-order valence-corrected chi connectivity index (χ4v) is 5.51. The van der Waals surface area contributed by atoms with Gasteiger partial charge in [-0.1, -0.05) is 26.8 Å². The largest absolute Gasteiger partial charge is 0.478 e. The number of cyclic esters (lactones) is 1. The number of hydrogen-bond acceptors (Lipinski definition) is 3. The number of allylic oxidation sites excluding steroid dienone is 1. The second-order valence-electron chi connectivity index (χ2n) is 8.43. The molecule has 1 saturated carbocycles. The normalized spacial score (nSPS) is 42.0. The van der Waals surface area contributed by atoms with E-state index in [-0.39, 0.29) is 22.9 Å². The van der Waals surface area contributed by atoms with Gasteiger partial charge in [0.05, 0.1) is 0 Å². The van der Waals surface area contributed by atoms with Crippen LogP contribution in [0.2, 0.25) is 0 Å². The zero-order chi connectivity index (χ0) is 17.7. The maximum atomic E-state index is 11.8. The molecular weight excluding hydrogens is 304 g/mol. The molecule has 0 aromatic heterocycles. The summed E-state index contributed by atoms with van der Waals surface area (Å²) < 4.78 is 5.51. The molecule has 3 aliphatic rings. The Bertz CT molecular complexity index is 632. The van der Waals surface area contributed by atoms with E-state index in [1.165, 1.54) is 0 Å². The van der Waals surface area contributed by atoms with Gasteiger partial charge in [-0.15, -0.1) is 0 Å². The van der Waals surface area contributed by atoms with Crippen LogP contribution in [0.15, 0.2) is 23.3 Å². The van der Waals surface area contributed by atoms with Crippen LogP contribution in [-0.4, -0.2) is 23.1 Å². The van der Waals surface area contributed by atoms with Crippen LogP contribution < -0.4 is 0 Å². The van der Waals surface area contributed by atoms with Crippen molar-refractivity contribution in [3.63, 3.8) is 0 Å². The number of aliphatic carboxylic acids is 1. The van der Waals surface area contributed by atoms with Gasteiger partial charge < -0.3 is 9.84 Å². The lowest BCUT2D eigenvalue weighted by atomic mass is 9.46. The highest BCUT2D eigenvalue weighted by Crippen LogP contribution is 2.62. The molecule has 1 fully saturated rings. The molecule has 0 aromatic rings. The van der Waals surface area contributed by atoms with Crippen LogP contribution in [0.1, 0.15) is 59.8 Å². The highest BCUT2D eigenvalue weighted by atomic mass is 16.5. The molecule has 0 bridgehead atoms. The van der Waals surface area contributed by atoms with E-state index in [1.54, 1.807) is 6.08 Å². The van der Waals surface area contributed by atoms with E-state index in [0.717, 1.165) is 37.7 Å². The van der Waals surface area contributed by atoms with Crippen molar-refractivity contribution in [3.8, 4) is 0 Å². The van der Waals surface area contributed by atoms with Crippen LogP contribution in [-0.2, 0) is 14.3 Å². The second kappa shape index (κ2) is 5.75. The summed E-state index contributed by atoms with van der Waals surface area (Å²) >= 11 is 0. The van der Waals surface area contributed by atoms with Gasteiger partial charge in [0.1, 0.15) is 6.10 Å². The molecule has 1 aliphatic heterocycles. The Morgan fingerprint density at radius 1 is 1.38 bits per heavy atom. The number of hydrogen-bond donors (Lipinski definition) is 1. The van der Waals surface area contributed by atoms with E-state index >= 15 is 0 Å². The molecule has 0 amide bonds. The summed E-state index contributed by atoms with van der Waals surface area (Å²) in [6.07, 6.45) is 7.91. The first kappa shape index (κ1) is 17.2. The van der Waals surface area contributed by atoms with Crippen LogP contribution in [0.5, 0.6) is 0 Å². The second-order valence-corrected chi connectivity index (χ2v) is 8.43. The number of carboxylic acid groups (broad SMARTS) is 1. The first-order valence-electron chi connectivity index (χ1n) is 9.01. The predicted molar refractivity (Wildman–Crippen MR) is 91.3 cm³/mol. The predicted octanol–water partition coefficient (Wildman–Crippen LogP) is 4.11. The topological polar surface area (TPSA) is 63.6 Å². The van der Waals surface area contributed by atoms with E-state index < -0.39 is 5.97 Å². The minimum absolute atomic E-state index is 0.0354. The standard InChI is InChI=1S/C20H28O4/c1-12-10-17(21)24-15(12)11-20(4)13(2)8-9-19(3)14(18(22)23)6-5-7-16(19)20/h6,10,13,15-16H,5,7-9,11H2,1-4H3,(H,22,23)/t13-,15-,16+,19-,20+/m1/s1. The van der Waals surface area contributed by atoms with E-state index in [1.807, 2.05) is 13.0 Å². The molecule has 0 saturated heterocycles. The first-order valence-corrected chi connectivity index (χ1v) is 9.01. The van der Waals surface area contributed by atoms with Crippen molar-refractivity contribution in [3.05, 3.63) is 23.3 Å². The number of ether oxygens (including phenoxy) is 1. The molecule has 0 aromatic carbocycles. The smallest absolute Gasteiger partial charge is 0.331 e. The van der Waals surface area contributed by atoms with Crippen molar-refractivity contribution in [1.82, 2.24) is 0 Å². The molecule has 132 valence electrons. The maximum Gasteiger partial charge on any atom is 0.331 e. The number of esters is 1. The minimum atomic E-state index is -0.775. The third-order valence-electron chi connectivity index (χ3n) is 7.17. The van der Waals surface area contributed by atoms with E-state index in [0.29, 0.717) is 17.4 Å². The molecule has 4 heteroatoms. The third-order valence-corrected chi connectivity index (χ3v) is 7.17. The lowest BCUT2D eigenvalue weighted by Gasteiger charge is -2.58. The summed E-state index contributed by atoms with van der Waals surface area (Å²) in [5.41, 5.74) is 1.26. The van der Waals surface area contributed by atoms with Gasteiger partial charge in [-0.25, -0.2) is 9.59 Å². The Labute approximate surface area is 144 Å². The Hall–Kier alpha value is -1.58. The number of carbonyl (C=O) groups is 2. The number of carboxylic acids is 1. The average molecular weight is 332 g/mol. The lowest BCUT2D eigenvalue weighted by molar-refractivity contribution is -0.143. The molecule has 0 unspecified atom stereocenters. The summed E-state index contributed by atoms with van der Waals surface area (Å²) in [4.78, 5) is 23.4. The van der Waals surface area contributed by atoms with Gasteiger partial charge in [0, 0.05) is 17.1 Å². The fraction of sp³-hybridized carbons (Fsp3) is 0.700. The molecule has 5 atom stereocenters. The molecule has 1 heterocycles. The quantitative estimate of drug-likeness (QED) is 0.790. The molecule has 3 rings (SSSR count). The van der Waals surface area contributed by atoms with E-state index in [9.17, 15) is 14.7 Å². The van der Waals surface area contributed by atoms with Gasteiger partial charge in [0.25, 0.3) is 0 Å². The van der Waals surface area contributed by atoms with Gasteiger partial charge in [-0.3, -0.25) is 0 Å². The van der Waals surface area contributed by atoms with Gasteiger partial charge in [0.15, 0.2) is 0 Å². The SMILES string of the molecule is CC1=CC(=O)O[C@@H]1C[C@@]1(C)[C@H](C)CC[C@]2(C)C(C(=O)O)=CCC[C@H]12. The number of fused-ring (bicyclic) bond motifs is 1. The Kier molecular flexibility index (Phi) is 4.13. The van der Waals surface area contributed by atoms with Crippen molar-refractivity contribution < 1.29 is 19.4 Å². The van der Waals surface area contributed by atoms with E-state index in [2.05, 4.69) is 20.8 Å². The van der Waals surface area contributed by atoms with Crippen LogP contribution >= 0.6 is 0 Å². The van der Waals surface area contributed by atoms with Crippen molar-refractivity contribution in [1.29, 1.82) is 0 Å². The monoisotopic (exact) mass is 332 g/mol. The summed E-state index contributed by atoms with van der Waals surface area (Å²) in [7, 11) is 0. The first-order chi connectivity index (χ1) is 11.2. The van der Waals surface area contributed by atoms with Crippen LogP contribution in [0, 0.1) is 22.7 Å². The summed E-state index contributed by atoms with van der Waals surface area (Å²) in [5, 5.41) is 9.69. The Balaban J connectivity index is 1.94. The summed E-state index contributed by atoms with van der Waals surface area (Å²) in [5.74, 6) is -0.239. The minimum Gasteiger partial charge on any atom is -0.478 e. The number of carbonyl (C=O) groups excluding carboxylic acids is 1. The average Bonchev–Trinajstić information content (AvgIpc) is 2.80. The van der Waals surface area contributed by atoms with Crippen LogP contribution in [0.25, 0.3) is 0 Å². The van der Waals surface area contributed by atoms with Crippen LogP contribution in [0.4, 0.5) is 0 Å². The number of rotatable bonds is 3. The van der Waals surface area contributed by atoms with Gasteiger partial charge >= 0.3 is 11.9 Å². The Morgan fingerprint density at radius 2 is 2.08 bits per heavy atom. The zero-order valence-corrected chi connectivity index (χ0v) is 15.1. The third kappa shape index (κ3) is 2.51. The molecule has 0 radical (unpaired) electrons. The van der Waals surface area contributed by atoms with Gasteiger partial charge in [0.2, 0.25) is 0 Å². The van der Waals surface area contributed by atoms with Crippen molar-refractivity contribution in [2.24, 2.45) is 22.7 Å². The highest BCUT2D eigenvalue weighted by molar-refractivity contribution is 5.88. The highest BCUT2D eigenvalue weighted by Gasteiger charge is 2.56. The zero-order valence-electron chi connectivity index (χ0n) is 15.1. The Morgan fingerprint density at radius 3 is 2.67 bits per heavy atom. The van der Waals surface area contributed by atoms with Crippen molar-refractivity contribution >= 4 is 11.9 Å². The van der Waals surface area contributed by atoms with Crippen molar-refractivity contribution in [2.45, 2.75) is 65.9 Å². The van der Waals surface area contributed by atoms with Gasteiger partial charge in [-0.2, -0.15) is 0 Å². The maximum absolute atomic E-state index is 11.8. The molecule has 1 N–H and O–H groups in total. The van der Waals surface area contributed by atoms with E-state index in [4.69, 9.17) is 4.74 Å². The fourth-order valence-electron chi connectivity index (χ4n) is 5.51. The summed E-state index contributed by atoms with van der Waals surface area (Å²) in [6.45, 7) is 8.64. The van der Waals surface area contributed by atoms with Crippen molar-refractivity contribution in [2.75, 3.05) is 0 Å². The van der Waals surface area contributed by atoms with Gasteiger partial charge in [-0.05, 0) is 61.9 Å². The molecule has 0 spiro atoms. The molecule has 24 heavy (non-hydrogen) atoms. The molecule has 2 aliphatic carbocycles. The van der Waals surface area contributed by atoms with Crippen LogP contribution in [0.3, 0.4) is 0 Å².